The Hall–Kier alpha value is -2.91. The molecular weight excluding hydrogens is 406 g/mol. The van der Waals surface area contributed by atoms with Crippen LogP contribution >= 0.6 is 0 Å². The molecule has 0 bridgehead atoms. The third-order valence-electron chi connectivity index (χ3n) is 3.95. The van der Waals surface area contributed by atoms with Crippen LogP contribution in [-0.2, 0) is 26.0 Å². The van der Waals surface area contributed by atoms with E-state index < -0.39 is 21.8 Å². The highest BCUT2D eigenvalue weighted by atomic mass is 32.2. The molecule has 3 N–H and O–H groups in total. The number of carbonyl (C=O) groups excluding carboxylic acids is 2. The Morgan fingerprint density at radius 1 is 0.967 bits per heavy atom. The van der Waals surface area contributed by atoms with Gasteiger partial charge < -0.3 is 15.4 Å². The van der Waals surface area contributed by atoms with Gasteiger partial charge in [-0.15, -0.1) is 0 Å². The van der Waals surface area contributed by atoms with E-state index in [-0.39, 0.29) is 17.5 Å². The molecule has 30 heavy (non-hydrogen) atoms. The van der Waals surface area contributed by atoms with Crippen LogP contribution in [-0.4, -0.2) is 39.4 Å². The van der Waals surface area contributed by atoms with Crippen molar-refractivity contribution in [3.05, 3.63) is 54.1 Å². The SMILES string of the molecule is CCOc1ccc(NC(=O)C(=O)NCCc2ccc(S(=O)(=O)NC(C)C)cc2)cc1. The van der Waals surface area contributed by atoms with Crippen LogP contribution in [0.1, 0.15) is 26.3 Å². The van der Waals surface area contributed by atoms with Crippen molar-refractivity contribution in [1.29, 1.82) is 0 Å². The lowest BCUT2D eigenvalue weighted by atomic mass is 10.1. The number of hydrogen-bond donors (Lipinski definition) is 3. The Morgan fingerprint density at radius 3 is 2.17 bits per heavy atom. The number of hydrogen-bond acceptors (Lipinski definition) is 5. The van der Waals surface area contributed by atoms with Crippen molar-refractivity contribution in [3.63, 3.8) is 0 Å². The maximum absolute atomic E-state index is 12.1. The maximum Gasteiger partial charge on any atom is 0.313 e. The van der Waals surface area contributed by atoms with Gasteiger partial charge in [0.15, 0.2) is 0 Å². The molecule has 0 aliphatic rings. The van der Waals surface area contributed by atoms with Gasteiger partial charge in [-0.25, -0.2) is 13.1 Å². The summed E-state index contributed by atoms with van der Waals surface area (Å²) in [4.78, 5) is 24.1. The molecule has 0 radical (unpaired) electrons. The van der Waals surface area contributed by atoms with Crippen LogP contribution in [0, 0.1) is 0 Å². The Labute approximate surface area is 177 Å². The summed E-state index contributed by atoms with van der Waals surface area (Å²) in [6, 6.07) is 12.9. The molecule has 0 aromatic heterocycles. The van der Waals surface area contributed by atoms with Gasteiger partial charge >= 0.3 is 11.8 Å². The molecule has 2 aromatic carbocycles. The number of ether oxygens (including phenoxy) is 1. The van der Waals surface area contributed by atoms with Crippen molar-refractivity contribution in [2.24, 2.45) is 0 Å². The summed E-state index contributed by atoms with van der Waals surface area (Å²) in [6.07, 6.45) is 0.458. The molecule has 0 saturated carbocycles. The molecule has 0 fully saturated rings. The van der Waals surface area contributed by atoms with Crippen molar-refractivity contribution in [2.75, 3.05) is 18.5 Å². The number of rotatable bonds is 9. The van der Waals surface area contributed by atoms with Gasteiger partial charge in [0.1, 0.15) is 5.75 Å². The molecule has 0 heterocycles. The molecule has 0 saturated heterocycles. The second-order valence-electron chi connectivity index (χ2n) is 6.84. The van der Waals surface area contributed by atoms with E-state index in [9.17, 15) is 18.0 Å². The van der Waals surface area contributed by atoms with Gasteiger partial charge in [0.05, 0.1) is 11.5 Å². The first kappa shape index (κ1) is 23.4. The topological polar surface area (TPSA) is 114 Å². The Kier molecular flexibility index (Phi) is 8.37. The lowest BCUT2D eigenvalue weighted by Gasteiger charge is -2.10. The van der Waals surface area contributed by atoms with Crippen molar-refractivity contribution in [1.82, 2.24) is 10.0 Å². The highest BCUT2D eigenvalue weighted by Gasteiger charge is 2.15. The summed E-state index contributed by atoms with van der Waals surface area (Å²) in [5, 5.41) is 5.07. The van der Waals surface area contributed by atoms with Gasteiger partial charge in [-0.3, -0.25) is 9.59 Å². The van der Waals surface area contributed by atoms with Gasteiger partial charge in [-0.05, 0) is 69.2 Å². The molecule has 9 heteroatoms. The molecule has 2 amide bonds. The van der Waals surface area contributed by atoms with Crippen molar-refractivity contribution in [2.45, 2.75) is 38.1 Å². The van der Waals surface area contributed by atoms with Crippen molar-refractivity contribution < 1.29 is 22.7 Å². The van der Waals surface area contributed by atoms with Crippen molar-refractivity contribution >= 4 is 27.5 Å². The fourth-order valence-corrected chi connectivity index (χ4v) is 3.85. The molecule has 0 unspecified atom stereocenters. The summed E-state index contributed by atoms with van der Waals surface area (Å²) in [5.74, 6) is -0.830. The van der Waals surface area contributed by atoms with Crippen LogP contribution in [0.5, 0.6) is 5.75 Å². The summed E-state index contributed by atoms with van der Waals surface area (Å²) in [7, 11) is -3.54. The number of nitrogens with one attached hydrogen (secondary N) is 3. The molecule has 0 aliphatic heterocycles. The minimum Gasteiger partial charge on any atom is -0.494 e. The van der Waals surface area contributed by atoms with Crippen LogP contribution in [0.25, 0.3) is 0 Å². The van der Waals surface area contributed by atoms with Gasteiger partial charge in [0, 0.05) is 18.3 Å². The third kappa shape index (κ3) is 7.16. The molecule has 2 rings (SSSR count). The fourth-order valence-electron chi connectivity index (χ4n) is 2.60. The van der Waals surface area contributed by atoms with E-state index >= 15 is 0 Å². The predicted octanol–water partition coefficient (Wildman–Crippen LogP) is 2.07. The highest BCUT2D eigenvalue weighted by Crippen LogP contribution is 2.15. The van der Waals surface area contributed by atoms with Crippen LogP contribution in [0.4, 0.5) is 5.69 Å². The van der Waals surface area contributed by atoms with E-state index in [1.54, 1.807) is 50.2 Å². The minimum atomic E-state index is -3.54. The van der Waals surface area contributed by atoms with Crippen LogP contribution in [0.2, 0.25) is 0 Å². The molecule has 8 nitrogen and oxygen atoms in total. The average molecular weight is 434 g/mol. The number of carbonyl (C=O) groups is 2. The molecule has 0 atom stereocenters. The second-order valence-corrected chi connectivity index (χ2v) is 8.55. The summed E-state index contributed by atoms with van der Waals surface area (Å²) in [5.41, 5.74) is 1.33. The normalized spacial score (nSPS) is 11.2. The van der Waals surface area contributed by atoms with E-state index in [4.69, 9.17) is 4.74 Å². The van der Waals surface area contributed by atoms with E-state index in [1.807, 2.05) is 6.92 Å². The number of sulfonamides is 1. The number of anilines is 1. The van der Waals surface area contributed by atoms with Gasteiger partial charge in [0.2, 0.25) is 10.0 Å². The van der Waals surface area contributed by atoms with E-state index in [0.717, 1.165) is 5.56 Å². The van der Waals surface area contributed by atoms with E-state index in [1.165, 1.54) is 12.1 Å². The standard InChI is InChI=1S/C21H27N3O5S/c1-4-29-18-9-7-17(8-10-18)23-21(26)20(25)22-14-13-16-5-11-19(12-6-16)30(27,28)24-15(2)3/h5-12,15,24H,4,13-14H2,1-3H3,(H,22,25)(H,23,26). The Bertz CT molecular complexity index is 955. The predicted molar refractivity (Wildman–Crippen MR) is 115 cm³/mol. The third-order valence-corrected chi connectivity index (χ3v) is 5.63. The van der Waals surface area contributed by atoms with Gasteiger partial charge in [-0.1, -0.05) is 12.1 Å². The zero-order valence-corrected chi connectivity index (χ0v) is 18.1. The maximum atomic E-state index is 12.1. The Balaban J connectivity index is 1.81. The smallest absolute Gasteiger partial charge is 0.313 e. The first-order chi connectivity index (χ1) is 14.2. The summed E-state index contributed by atoms with van der Waals surface area (Å²) >= 11 is 0. The molecule has 0 aliphatic carbocycles. The lowest BCUT2D eigenvalue weighted by molar-refractivity contribution is -0.136. The van der Waals surface area contributed by atoms with Crippen LogP contribution in [0.3, 0.4) is 0 Å². The zero-order valence-electron chi connectivity index (χ0n) is 17.3. The zero-order chi connectivity index (χ0) is 22.1. The number of amides is 2. The van der Waals surface area contributed by atoms with Gasteiger partial charge in [0.25, 0.3) is 0 Å². The van der Waals surface area contributed by atoms with Gasteiger partial charge in [-0.2, -0.15) is 0 Å². The molecule has 162 valence electrons. The second kappa shape index (κ2) is 10.7. The van der Waals surface area contributed by atoms with Crippen molar-refractivity contribution in [3.8, 4) is 5.75 Å². The monoisotopic (exact) mass is 433 g/mol. The molecular formula is C21H27N3O5S. The van der Waals surface area contributed by atoms with Crippen LogP contribution < -0.4 is 20.1 Å². The first-order valence-corrected chi connectivity index (χ1v) is 11.1. The highest BCUT2D eigenvalue weighted by molar-refractivity contribution is 7.89. The van der Waals surface area contributed by atoms with E-state index in [0.29, 0.717) is 24.5 Å². The Morgan fingerprint density at radius 2 is 1.60 bits per heavy atom. The lowest BCUT2D eigenvalue weighted by Crippen LogP contribution is -2.36. The molecule has 2 aromatic rings. The summed E-state index contributed by atoms with van der Waals surface area (Å²) < 4.78 is 32.1. The quantitative estimate of drug-likeness (QED) is 0.524. The molecule has 0 spiro atoms. The first-order valence-electron chi connectivity index (χ1n) is 9.64. The van der Waals surface area contributed by atoms with E-state index in [2.05, 4.69) is 15.4 Å². The average Bonchev–Trinajstić information content (AvgIpc) is 2.69. The fraction of sp³-hybridized carbons (Fsp3) is 0.333. The van der Waals surface area contributed by atoms with Crippen LogP contribution in [0.15, 0.2) is 53.4 Å². The minimum absolute atomic E-state index is 0.179. The summed E-state index contributed by atoms with van der Waals surface area (Å²) in [6.45, 7) is 6.16. The number of benzene rings is 2. The largest absolute Gasteiger partial charge is 0.494 e.